The van der Waals surface area contributed by atoms with Crippen LogP contribution in [0, 0.1) is 5.92 Å². The Morgan fingerprint density at radius 2 is 1.70 bits per heavy atom. The molecule has 176 valence electrons. The fourth-order valence-corrected chi connectivity index (χ4v) is 4.90. The Morgan fingerprint density at radius 3 is 2.39 bits per heavy atom. The molecule has 1 aliphatic carbocycles. The van der Waals surface area contributed by atoms with Crippen molar-refractivity contribution in [2.24, 2.45) is 5.92 Å². The third-order valence-electron chi connectivity index (χ3n) is 6.93. The lowest BCUT2D eigenvalue weighted by atomic mass is 9.86. The molecule has 1 N–H and O–H groups in total. The lowest BCUT2D eigenvalue weighted by molar-refractivity contribution is -0.132. The summed E-state index contributed by atoms with van der Waals surface area (Å²) < 4.78 is 0. The smallest absolute Gasteiger partial charge is 0.252 e. The van der Waals surface area contributed by atoms with E-state index in [4.69, 9.17) is 0 Å². The van der Waals surface area contributed by atoms with Gasteiger partial charge in [-0.05, 0) is 49.3 Å². The van der Waals surface area contributed by atoms with Crippen molar-refractivity contribution in [3.63, 3.8) is 0 Å². The molecule has 1 aromatic carbocycles. The predicted molar refractivity (Wildman–Crippen MR) is 131 cm³/mol. The molecular weight excluding hydrogens is 412 g/mol. The van der Waals surface area contributed by atoms with Crippen molar-refractivity contribution < 1.29 is 9.59 Å². The molecule has 2 aliphatic rings. The normalized spacial score (nSPS) is 17.1. The Labute approximate surface area is 197 Å². The molecule has 0 spiro atoms. The number of aromatic nitrogens is 1. The molecule has 2 aromatic rings. The third kappa shape index (κ3) is 6.80. The van der Waals surface area contributed by atoms with Gasteiger partial charge in [0.2, 0.25) is 5.91 Å². The number of hydrogen-bond donors (Lipinski definition) is 1. The van der Waals surface area contributed by atoms with Crippen LogP contribution in [0.25, 0.3) is 0 Å². The molecule has 2 fully saturated rings. The Bertz CT molecular complexity index is 886. The molecule has 1 aliphatic heterocycles. The van der Waals surface area contributed by atoms with Crippen LogP contribution in [0.2, 0.25) is 0 Å². The molecular formula is C27H36N4O2. The van der Waals surface area contributed by atoms with Crippen LogP contribution in [0.4, 0.5) is 5.82 Å². The third-order valence-corrected chi connectivity index (χ3v) is 6.93. The molecule has 1 saturated heterocycles. The first kappa shape index (κ1) is 23.3. The topological polar surface area (TPSA) is 65.5 Å². The summed E-state index contributed by atoms with van der Waals surface area (Å²) in [6.07, 6.45) is 10.5. The highest BCUT2D eigenvalue weighted by Crippen LogP contribution is 2.27. The minimum absolute atomic E-state index is 0.0831. The second kappa shape index (κ2) is 11.8. The maximum atomic E-state index is 12.7. The van der Waals surface area contributed by atoms with Gasteiger partial charge in [-0.1, -0.05) is 49.6 Å². The number of anilines is 1. The van der Waals surface area contributed by atoms with Crippen molar-refractivity contribution in [1.82, 2.24) is 15.2 Å². The summed E-state index contributed by atoms with van der Waals surface area (Å²) in [5.74, 6) is 1.69. The fourth-order valence-electron chi connectivity index (χ4n) is 4.90. The highest BCUT2D eigenvalue weighted by Gasteiger charge is 2.25. The number of aryl methyl sites for hydroxylation is 1. The van der Waals surface area contributed by atoms with Gasteiger partial charge in [0.25, 0.3) is 5.91 Å². The van der Waals surface area contributed by atoms with E-state index in [1.807, 2.05) is 35.2 Å². The van der Waals surface area contributed by atoms with Gasteiger partial charge < -0.3 is 15.1 Å². The number of rotatable bonds is 8. The van der Waals surface area contributed by atoms with E-state index >= 15 is 0 Å². The quantitative estimate of drug-likeness (QED) is 0.619. The van der Waals surface area contributed by atoms with E-state index in [0.717, 1.165) is 44.8 Å². The summed E-state index contributed by atoms with van der Waals surface area (Å²) >= 11 is 0. The maximum absolute atomic E-state index is 12.7. The van der Waals surface area contributed by atoms with Crippen LogP contribution in [0.15, 0.2) is 48.7 Å². The number of hydrogen-bond acceptors (Lipinski definition) is 4. The fraction of sp³-hybridized carbons (Fsp3) is 0.519. The number of nitrogens with zero attached hydrogens (tertiary/aromatic N) is 3. The standard InChI is InChI=1S/C27H36N4O2/c32-26(20-23-10-5-2-6-11-23)31-18-16-30(17-19-31)25-14-13-24(21-29-25)27(33)28-15-7-12-22-8-3-1-4-9-22/h1,3-4,8-9,13-14,21,23H,2,5-7,10-12,15-20H2,(H,28,33). The van der Waals surface area contributed by atoms with Gasteiger partial charge in [0.05, 0.1) is 5.56 Å². The van der Waals surface area contributed by atoms with Gasteiger partial charge in [-0.2, -0.15) is 0 Å². The van der Waals surface area contributed by atoms with Crippen LogP contribution < -0.4 is 10.2 Å². The van der Waals surface area contributed by atoms with E-state index in [1.165, 1.54) is 37.7 Å². The molecule has 0 radical (unpaired) electrons. The van der Waals surface area contributed by atoms with Crippen molar-refractivity contribution in [2.45, 2.75) is 51.4 Å². The number of carbonyl (C=O) groups is 2. The summed E-state index contributed by atoms with van der Waals surface area (Å²) in [6.45, 7) is 3.71. The highest BCUT2D eigenvalue weighted by atomic mass is 16.2. The van der Waals surface area contributed by atoms with E-state index in [9.17, 15) is 9.59 Å². The summed E-state index contributed by atoms with van der Waals surface area (Å²) in [5, 5.41) is 2.98. The summed E-state index contributed by atoms with van der Waals surface area (Å²) in [4.78, 5) is 33.8. The van der Waals surface area contributed by atoms with Crippen LogP contribution >= 0.6 is 0 Å². The summed E-state index contributed by atoms with van der Waals surface area (Å²) in [7, 11) is 0. The molecule has 4 rings (SSSR count). The minimum atomic E-state index is -0.0831. The van der Waals surface area contributed by atoms with Crippen molar-refractivity contribution in [1.29, 1.82) is 0 Å². The monoisotopic (exact) mass is 448 g/mol. The number of amides is 2. The van der Waals surface area contributed by atoms with Crippen molar-refractivity contribution in [3.05, 3.63) is 59.8 Å². The lowest BCUT2D eigenvalue weighted by Gasteiger charge is -2.36. The van der Waals surface area contributed by atoms with E-state index in [-0.39, 0.29) is 5.91 Å². The minimum Gasteiger partial charge on any atom is -0.353 e. The van der Waals surface area contributed by atoms with Gasteiger partial charge in [-0.15, -0.1) is 0 Å². The van der Waals surface area contributed by atoms with Gasteiger partial charge in [-0.3, -0.25) is 9.59 Å². The number of piperazine rings is 1. The van der Waals surface area contributed by atoms with Crippen molar-refractivity contribution in [3.8, 4) is 0 Å². The highest BCUT2D eigenvalue weighted by molar-refractivity contribution is 5.94. The number of carbonyl (C=O) groups excluding carboxylic acids is 2. The second-order valence-electron chi connectivity index (χ2n) is 9.33. The zero-order valence-electron chi connectivity index (χ0n) is 19.5. The van der Waals surface area contributed by atoms with Gasteiger partial charge in [-0.25, -0.2) is 4.98 Å². The van der Waals surface area contributed by atoms with Crippen LogP contribution in [-0.2, 0) is 11.2 Å². The summed E-state index contributed by atoms with van der Waals surface area (Å²) in [5.41, 5.74) is 1.87. The molecule has 0 atom stereocenters. The van der Waals surface area contributed by atoms with Gasteiger partial charge >= 0.3 is 0 Å². The molecule has 33 heavy (non-hydrogen) atoms. The van der Waals surface area contributed by atoms with E-state index in [2.05, 4.69) is 27.3 Å². The van der Waals surface area contributed by atoms with Gasteiger partial charge in [0.1, 0.15) is 5.82 Å². The van der Waals surface area contributed by atoms with Crippen molar-refractivity contribution >= 4 is 17.6 Å². The summed E-state index contributed by atoms with van der Waals surface area (Å²) in [6, 6.07) is 14.1. The number of benzene rings is 1. The molecule has 6 nitrogen and oxygen atoms in total. The molecule has 1 aromatic heterocycles. The molecule has 6 heteroatoms. The first-order valence-electron chi connectivity index (χ1n) is 12.5. The van der Waals surface area contributed by atoms with Crippen molar-refractivity contribution in [2.75, 3.05) is 37.6 Å². The molecule has 1 saturated carbocycles. The molecule has 0 bridgehead atoms. The number of nitrogens with one attached hydrogen (secondary N) is 1. The average molecular weight is 449 g/mol. The van der Waals surface area contributed by atoms with Crippen LogP contribution in [0.5, 0.6) is 0 Å². The van der Waals surface area contributed by atoms with E-state index in [1.54, 1.807) is 6.20 Å². The zero-order valence-corrected chi connectivity index (χ0v) is 19.5. The Balaban J connectivity index is 1.18. The lowest BCUT2D eigenvalue weighted by Crippen LogP contribution is -2.49. The number of pyridine rings is 1. The predicted octanol–water partition coefficient (Wildman–Crippen LogP) is 4.06. The Morgan fingerprint density at radius 1 is 0.939 bits per heavy atom. The first-order valence-corrected chi connectivity index (χ1v) is 12.5. The van der Waals surface area contributed by atoms with E-state index < -0.39 is 0 Å². The van der Waals surface area contributed by atoms with Crippen LogP contribution in [0.3, 0.4) is 0 Å². The maximum Gasteiger partial charge on any atom is 0.252 e. The SMILES string of the molecule is O=C(NCCCc1ccccc1)c1ccc(N2CCN(C(=O)CC3CCCCC3)CC2)nc1. The Kier molecular flexibility index (Phi) is 8.34. The molecule has 2 heterocycles. The zero-order chi connectivity index (χ0) is 22.9. The molecule has 0 unspecified atom stereocenters. The average Bonchev–Trinajstić information content (AvgIpc) is 2.88. The second-order valence-corrected chi connectivity index (χ2v) is 9.33. The van der Waals surface area contributed by atoms with Gasteiger partial charge in [0, 0.05) is 45.3 Å². The van der Waals surface area contributed by atoms with Crippen LogP contribution in [-0.4, -0.2) is 54.4 Å². The molecule has 2 amide bonds. The first-order chi connectivity index (χ1) is 16.2. The van der Waals surface area contributed by atoms with E-state index in [0.29, 0.717) is 30.4 Å². The van der Waals surface area contributed by atoms with Crippen LogP contribution in [0.1, 0.15) is 60.9 Å². The largest absolute Gasteiger partial charge is 0.353 e. The Hall–Kier alpha value is -2.89. The van der Waals surface area contributed by atoms with Gasteiger partial charge in [0.15, 0.2) is 0 Å².